The lowest BCUT2D eigenvalue weighted by atomic mass is 10.4. The van der Waals surface area contributed by atoms with Crippen LogP contribution in [0.15, 0.2) is 47.4 Å². The minimum Gasteiger partial charge on any atom is -0.320 e. The molecule has 1 aromatic heterocycles. The van der Waals surface area contributed by atoms with Gasteiger partial charge in [-0.25, -0.2) is 13.1 Å². The molecule has 6 heteroatoms. The van der Waals surface area contributed by atoms with E-state index in [1.807, 2.05) is 12.1 Å². The lowest BCUT2D eigenvalue weighted by molar-refractivity contribution is 0.582. The van der Waals surface area contributed by atoms with E-state index < -0.39 is 10.0 Å². The maximum atomic E-state index is 12.0. The number of hydrogen-bond donors (Lipinski definition) is 2. The van der Waals surface area contributed by atoms with Gasteiger partial charge in [-0.2, -0.15) is 0 Å². The van der Waals surface area contributed by atoms with Crippen molar-refractivity contribution in [2.75, 3.05) is 6.54 Å². The molecule has 0 spiro atoms. The van der Waals surface area contributed by atoms with Crippen LogP contribution < -0.4 is 10.5 Å². The van der Waals surface area contributed by atoms with Crippen LogP contribution in [0.1, 0.15) is 9.75 Å². The van der Waals surface area contributed by atoms with Gasteiger partial charge in [0.05, 0.1) is 16.3 Å². The highest BCUT2D eigenvalue weighted by atomic mass is 32.2. The molecule has 2 rings (SSSR count). The molecule has 0 fully saturated rings. The maximum Gasteiger partial charge on any atom is 0.240 e. The molecule has 2 aromatic rings. The van der Waals surface area contributed by atoms with Crippen LogP contribution in [0.25, 0.3) is 0 Å². The van der Waals surface area contributed by atoms with Gasteiger partial charge < -0.3 is 5.73 Å². The number of hydrogen-bond acceptors (Lipinski definition) is 4. The molecule has 0 aliphatic heterocycles. The third-order valence-corrected chi connectivity index (χ3v) is 4.88. The average molecular weight is 306 g/mol. The standard InChI is InChI=1S/C14H14N2O2S2/c15-10-4-5-12-8-9-13(19-12)11-16-20(17,18)14-6-2-1-3-7-14/h1-3,6-9,16H,10-11,15H2. The Balaban J connectivity index is 2.03. The van der Waals surface area contributed by atoms with Crippen molar-refractivity contribution in [1.29, 1.82) is 0 Å². The molecule has 1 heterocycles. The maximum absolute atomic E-state index is 12.0. The van der Waals surface area contributed by atoms with E-state index >= 15 is 0 Å². The summed E-state index contributed by atoms with van der Waals surface area (Å²) in [5, 5.41) is 0. The smallest absolute Gasteiger partial charge is 0.240 e. The van der Waals surface area contributed by atoms with Gasteiger partial charge >= 0.3 is 0 Å². The van der Waals surface area contributed by atoms with Gasteiger partial charge in [-0.1, -0.05) is 30.0 Å². The van der Waals surface area contributed by atoms with Gasteiger partial charge in [0.2, 0.25) is 10.0 Å². The van der Waals surface area contributed by atoms with Crippen molar-refractivity contribution >= 4 is 21.4 Å². The van der Waals surface area contributed by atoms with Crippen molar-refractivity contribution in [2.24, 2.45) is 5.73 Å². The summed E-state index contributed by atoms with van der Waals surface area (Å²) >= 11 is 1.45. The second-order valence-corrected chi connectivity index (χ2v) is 6.84. The molecule has 3 N–H and O–H groups in total. The van der Waals surface area contributed by atoms with E-state index in [1.54, 1.807) is 30.3 Å². The van der Waals surface area contributed by atoms with E-state index in [2.05, 4.69) is 16.6 Å². The molecule has 0 aliphatic rings. The SMILES string of the molecule is NCC#Cc1ccc(CNS(=O)(=O)c2ccccc2)s1. The molecule has 104 valence electrons. The summed E-state index contributed by atoms with van der Waals surface area (Å²) in [5.41, 5.74) is 5.30. The first-order chi connectivity index (χ1) is 9.62. The van der Waals surface area contributed by atoms with E-state index in [1.165, 1.54) is 11.3 Å². The summed E-state index contributed by atoms with van der Waals surface area (Å²) in [7, 11) is -3.47. The van der Waals surface area contributed by atoms with Crippen LogP contribution in [0.4, 0.5) is 0 Å². The number of thiophene rings is 1. The zero-order chi connectivity index (χ0) is 14.4. The van der Waals surface area contributed by atoms with Crippen molar-refractivity contribution in [3.05, 3.63) is 52.2 Å². The second-order valence-electron chi connectivity index (χ2n) is 3.91. The molecular weight excluding hydrogens is 292 g/mol. The third-order valence-electron chi connectivity index (χ3n) is 2.47. The van der Waals surface area contributed by atoms with E-state index in [-0.39, 0.29) is 11.4 Å². The molecule has 0 unspecified atom stereocenters. The average Bonchev–Trinajstić information content (AvgIpc) is 2.92. The highest BCUT2D eigenvalue weighted by Crippen LogP contribution is 2.16. The Bertz CT molecular complexity index is 725. The van der Waals surface area contributed by atoms with E-state index in [0.717, 1.165) is 9.75 Å². The third kappa shape index (κ3) is 3.92. The van der Waals surface area contributed by atoms with Crippen molar-refractivity contribution in [3.8, 4) is 11.8 Å². The number of nitrogens with one attached hydrogen (secondary N) is 1. The quantitative estimate of drug-likeness (QED) is 0.842. The lowest BCUT2D eigenvalue weighted by Crippen LogP contribution is -2.22. The lowest BCUT2D eigenvalue weighted by Gasteiger charge is -2.04. The largest absolute Gasteiger partial charge is 0.320 e. The van der Waals surface area contributed by atoms with E-state index in [9.17, 15) is 8.42 Å². The number of sulfonamides is 1. The van der Waals surface area contributed by atoms with Gasteiger partial charge in [-0.3, -0.25) is 0 Å². The molecule has 1 aromatic carbocycles. The molecule has 0 bridgehead atoms. The summed E-state index contributed by atoms with van der Waals surface area (Å²) in [6.07, 6.45) is 0. The fourth-order valence-electron chi connectivity index (χ4n) is 1.53. The number of nitrogens with two attached hydrogens (primary N) is 1. The van der Waals surface area contributed by atoms with Crippen LogP contribution in [-0.4, -0.2) is 15.0 Å². The van der Waals surface area contributed by atoms with Gasteiger partial charge in [-0.15, -0.1) is 11.3 Å². The Morgan fingerprint density at radius 2 is 1.90 bits per heavy atom. The first-order valence-electron chi connectivity index (χ1n) is 5.94. The Kier molecular flexibility index (Phi) is 4.93. The monoisotopic (exact) mass is 306 g/mol. The normalized spacial score (nSPS) is 10.8. The van der Waals surface area contributed by atoms with Gasteiger partial charge in [-0.05, 0) is 24.3 Å². The van der Waals surface area contributed by atoms with Gasteiger partial charge in [0, 0.05) is 11.4 Å². The van der Waals surface area contributed by atoms with Gasteiger partial charge in [0.25, 0.3) is 0 Å². The Morgan fingerprint density at radius 3 is 2.60 bits per heavy atom. The number of benzene rings is 1. The van der Waals surface area contributed by atoms with Gasteiger partial charge in [0.1, 0.15) is 0 Å². The molecular formula is C14H14N2O2S2. The van der Waals surface area contributed by atoms with Crippen molar-refractivity contribution in [2.45, 2.75) is 11.4 Å². The highest BCUT2D eigenvalue weighted by molar-refractivity contribution is 7.89. The zero-order valence-corrected chi connectivity index (χ0v) is 12.3. The minimum atomic E-state index is -3.47. The molecule has 0 saturated carbocycles. The Morgan fingerprint density at radius 1 is 1.15 bits per heavy atom. The van der Waals surface area contributed by atoms with Crippen LogP contribution in [-0.2, 0) is 16.6 Å². The Hall–Kier alpha value is -1.65. The fourth-order valence-corrected chi connectivity index (χ4v) is 3.47. The molecule has 0 atom stereocenters. The summed E-state index contributed by atoms with van der Waals surface area (Å²) in [4.78, 5) is 2.05. The van der Waals surface area contributed by atoms with Gasteiger partial charge in [0.15, 0.2) is 0 Å². The molecule has 0 amide bonds. The van der Waals surface area contributed by atoms with Crippen molar-refractivity contribution < 1.29 is 8.42 Å². The predicted molar refractivity (Wildman–Crippen MR) is 80.7 cm³/mol. The minimum absolute atomic E-state index is 0.256. The number of rotatable bonds is 4. The fraction of sp³-hybridized carbons (Fsp3) is 0.143. The molecule has 0 saturated heterocycles. The van der Waals surface area contributed by atoms with Crippen molar-refractivity contribution in [1.82, 2.24) is 4.72 Å². The topological polar surface area (TPSA) is 72.2 Å². The summed E-state index contributed by atoms with van der Waals surface area (Å²) in [6.45, 7) is 0.570. The van der Waals surface area contributed by atoms with E-state index in [0.29, 0.717) is 6.54 Å². The molecule has 0 radical (unpaired) electrons. The van der Waals surface area contributed by atoms with Crippen LogP contribution in [0, 0.1) is 11.8 Å². The summed E-state index contributed by atoms with van der Waals surface area (Å²) < 4.78 is 26.6. The molecule has 20 heavy (non-hydrogen) atoms. The summed E-state index contributed by atoms with van der Waals surface area (Å²) in [6, 6.07) is 12.0. The van der Waals surface area contributed by atoms with Crippen LogP contribution >= 0.6 is 11.3 Å². The predicted octanol–water partition coefficient (Wildman–Crippen LogP) is 1.54. The van der Waals surface area contributed by atoms with Crippen molar-refractivity contribution in [3.63, 3.8) is 0 Å². The first kappa shape index (κ1) is 14.8. The summed E-state index contributed by atoms with van der Waals surface area (Å²) in [5.74, 6) is 5.69. The highest BCUT2D eigenvalue weighted by Gasteiger charge is 2.13. The molecule has 4 nitrogen and oxygen atoms in total. The second kappa shape index (κ2) is 6.68. The van der Waals surface area contributed by atoms with Crippen LogP contribution in [0.5, 0.6) is 0 Å². The van der Waals surface area contributed by atoms with Crippen LogP contribution in [0.2, 0.25) is 0 Å². The van der Waals surface area contributed by atoms with Crippen LogP contribution in [0.3, 0.4) is 0 Å². The zero-order valence-electron chi connectivity index (χ0n) is 10.7. The molecule has 0 aliphatic carbocycles. The first-order valence-corrected chi connectivity index (χ1v) is 8.24. The Labute approximate surface area is 122 Å². The van der Waals surface area contributed by atoms with E-state index in [4.69, 9.17) is 5.73 Å².